The van der Waals surface area contributed by atoms with Crippen LogP contribution in [0.3, 0.4) is 0 Å². The van der Waals surface area contributed by atoms with E-state index in [1.165, 1.54) is 0 Å². The molecule has 8 heteroatoms. The van der Waals surface area contributed by atoms with Crippen molar-refractivity contribution in [1.29, 1.82) is 0 Å². The maximum Gasteiger partial charge on any atom is 0.191 e. The summed E-state index contributed by atoms with van der Waals surface area (Å²) in [6.45, 7) is 0.687. The molecule has 0 saturated carbocycles. The second-order valence-corrected chi connectivity index (χ2v) is 8.17. The molecule has 2 aromatic rings. The van der Waals surface area contributed by atoms with Crippen molar-refractivity contribution in [3.63, 3.8) is 0 Å². The molecule has 2 N–H and O–H groups in total. The number of rotatable bonds is 6. The number of benzene rings is 2. The van der Waals surface area contributed by atoms with Crippen molar-refractivity contribution in [2.24, 2.45) is 4.99 Å². The van der Waals surface area contributed by atoms with Gasteiger partial charge in [0.1, 0.15) is 0 Å². The Morgan fingerprint density at radius 3 is 2.44 bits per heavy atom. The molecule has 0 unspecified atom stereocenters. The van der Waals surface area contributed by atoms with E-state index in [0.717, 1.165) is 5.56 Å². The summed E-state index contributed by atoms with van der Waals surface area (Å²) in [6, 6.07) is 13.6. The van der Waals surface area contributed by atoms with Gasteiger partial charge in [0.15, 0.2) is 15.8 Å². The summed E-state index contributed by atoms with van der Waals surface area (Å²) in [5, 5.41) is 7.20. The number of aliphatic imine (C=N–C) groups is 1. The number of sulfone groups is 1. The summed E-state index contributed by atoms with van der Waals surface area (Å²) in [7, 11) is -1.71. The molecule has 0 heterocycles. The molecule has 5 nitrogen and oxygen atoms in total. The van der Waals surface area contributed by atoms with Crippen molar-refractivity contribution in [2.45, 2.75) is 11.4 Å². The van der Waals surface area contributed by atoms with Gasteiger partial charge in [0, 0.05) is 30.2 Å². The molecule has 0 spiro atoms. The summed E-state index contributed by atoms with van der Waals surface area (Å²) in [6.07, 6.45) is 0. The first-order valence-electron chi connectivity index (χ1n) is 7.58. The van der Waals surface area contributed by atoms with E-state index in [-0.39, 0.29) is 12.3 Å². The van der Waals surface area contributed by atoms with Gasteiger partial charge in [-0.25, -0.2) is 8.42 Å². The molecule has 0 aliphatic heterocycles. The molecular formula is C17H19Cl2N3O2S. The minimum atomic E-state index is -3.32. The largest absolute Gasteiger partial charge is 0.355 e. The Morgan fingerprint density at radius 1 is 1.08 bits per heavy atom. The molecule has 0 bridgehead atoms. The van der Waals surface area contributed by atoms with Crippen LogP contribution in [-0.2, 0) is 16.4 Å². The van der Waals surface area contributed by atoms with E-state index < -0.39 is 9.84 Å². The molecule has 0 amide bonds. The second-order valence-electron chi connectivity index (χ2n) is 5.22. The van der Waals surface area contributed by atoms with Gasteiger partial charge in [-0.15, -0.1) is 0 Å². The highest BCUT2D eigenvalue weighted by molar-refractivity contribution is 7.91. The van der Waals surface area contributed by atoms with Crippen LogP contribution < -0.4 is 10.6 Å². The zero-order valence-corrected chi connectivity index (χ0v) is 16.0. The maximum absolute atomic E-state index is 12.2. The van der Waals surface area contributed by atoms with E-state index in [2.05, 4.69) is 15.6 Å². The fourth-order valence-corrected chi connectivity index (χ4v) is 3.77. The number of halogens is 2. The van der Waals surface area contributed by atoms with Crippen LogP contribution in [0.2, 0.25) is 10.0 Å². The van der Waals surface area contributed by atoms with Crippen molar-refractivity contribution in [3.8, 4) is 0 Å². The van der Waals surface area contributed by atoms with Crippen molar-refractivity contribution < 1.29 is 8.42 Å². The minimum absolute atomic E-state index is 0.0284. The van der Waals surface area contributed by atoms with E-state index in [9.17, 15) is 8.42 Å². The molecule has 0 aliphatic rings. The Bertz CT molecular complexity index is 840. The van der Waals surface area contributed by atoms with E-state index in [0.29, 0.717) is 27.4 Å². The SMILES string of the molecule is CN=C(NCCS(=O)(=O)c1ccccc1)NCc1ccc(Cl)cc1Cl. The Kier molecular flexibility index (Phi) is 7.11. The fourth-order valence-electron chi connectivity index (χ4n) is 2.11. The molecular weight excluding hydrogens is 381 g/mol. The third kappa shape index (κ3) is 5.92. The smallest absolute Gasteiger partial charge is 0.191 e. The highest BCUT2D eigenvalue weighted by Gasteiger charge is 2.13. The standard InChI is InChI=1S/C17H19Cl2N3O2S/c1-20-17(22-12-13-7-8-14(18)11-16(13)19)21-9-10-25(23,24)15-5-3-2-4-6-15/h2-8,11H,9-10,12H2,1H3,(H2,20,21,22). The average molecular weight is 400 g/mol. The number of nitrogens with zero attached hydrogens (tertiary/aromatic N) is 1. The van der Waals surface area contributed by atoms with Gasteiger partial charge in [0.05, 0.1) is 10.6 Å². The summed E-state index contributed by atoms with van der Waals surface area (Å²) < 4.78 is 24.5. The highest BCUT2D eigenvalue weighted by atomic mass is 35.5. The second kappa shape index (κ2) is 9.08. The molecule has 0 fully saturated rings. The number of nitrogens with one attached hydrogen (secondary N) is 2. The lowest BCUT2D eigenvalue weighted by atomic mass is 10.2. The lowest BCUT2D eigenvalue weighted by Crippen LogP contribution is -2.39. The number of hydrogen-bond acceptors (Lipinski definition) is 3. The molecule has 2 rings (SSSR count). The van der Waals surface area contributed by atoms with Crippen molar-refractivity contribution in [1.82, 2.24) is 10.6 Å². The molecule has 2 aromatic carbocycles. The molecule has 0 aromatic heterocycles. The Balaban J connectivity index is 1.86. The molecule has 0 radical (unpaired) electrons. The van der Waals surface area contributed by atoms with Crippen molar-refractivity contribution >= 4 is 39.0 Å². The van der Waals surface area contributed by atoms with Crippen LogP contribution >= 0.6 is 23.2 Å². The van der Waals surface area contributed by atoms with Gasteiger partial charge in [-0.1, -0.05) is 47.5 Å². The van der Waals surface area contributed by atoms with Crippen molar-refractivity contribution in [2.75, 3.05) is 19.3 Å². The Labute approximate surface area is 158 Å². The summed E-state index contributed by atoms with van der Waals surface area (Å²) in [5.74, 6) is 0.466. The van der Waals surface area contributed by atoms with Gasteiger partial charge in [-0.3, -0.25) is 4.99 Å². The van der Waals surface area contributed by atoms with E-state index in [4.69, 9.17) is 23.2 Å². The summed E-state index contributed by atoms with van der Waals surface area (Å²) >= 11 is 12.0. The first kappa shape index (κ1) is 19.6. The van der Waals surface area contributed by atoms with Gasteiger partial charge in [0.2, 0.25) is 0 Å². The molecule has 0 atom stereocenters. The summed E-state index contributed by atoms with van der Waals surface area (Å²) in [5.41, 5.74) is 0.867. The Morgan fingerprint density at radius 2 is 1.80 bits per heavy atom. The van der Waals surface area contributed by atoms with Gasteiger partial charge in [-0.05, 0) is 29.8 Å². The lowest BCUT2D eigenvalue weighted by molar-refractivity contribution is 0.594. The zero-order chi connectivity index (χ0) is 18.3. The molecule has 25 heavy (non-hydrogen) atoms. The zero-order valence-electron chi connectivity index (χ0n) is 13.7. The van der Waals surface area contributed by atoms with E-state index >= 15 is 0 Å². The van der Waals surface area contributed by atoms with Crippen LogP contribution in [0.25, 0.3) is 0 Å². The van der Waals surface area contributed by atoms with Gasteiger partial charge in [0.25, 0.3) is 0 Å². The van der Waals surface area contributed by atoms with Crippen LogP contribution in [-0.4, -0.2) is 33.7 Å². The molecule has 0 saturated heterocycles. The van der Waals surface area contributed by atoms with Crippen LogP contribution in [0.1, 0.15) is 5.56 Å². The van der Waals surface area contributed by atoms with Gasteiger partial charge < -0.3 is 10.6 Å². The third-order valence-electron chi connectivity index (χ3n) is 3.45. The fraction of sp³-hybridized carbons (Fsp3) is 0.235. The quantitative estimate of drug-likeness (QED) is 0.578. The Hall–Kier alpha value is -1.76. The maximum atomic E-state index is 12.2. The van der Waals surface area contributed by atoms with Crippen LogP contribution in [0.15, 0.2) is 58.4 Å². The predicted molar refractivity (Wildman–Crippen MR) is 103 cm³/mol. The molecule has 134 valence electrons. The highest BCUT2D eigenvalue weighted by Crippen LogP contribution is 2.20. The first-order chi connectivity index (χ1) is 11.9. The molecule has 0 aliphatic carbocycles. The van der Waals surface area contributed by atoms with Crippen LogP contribution in [0, 0.1) is 0 Å². The monoisotopic (exact) mass is 399 g/mol. The third-order valence-corrected chi connectivity index (χ3v) is 5.77. The average Bonchev–Trinajstić information content (AvgIpc) is 2.60. The van der Waals surface area contributed by atoms with E-state index in [1.54, 1.807) is 49.5 Å². The predicted octanol–water partition coefficient (Wildman–Crippen LogP) is 3.13. The van der Waals surface area contributed by atoms with Gasteiger partial charge in [-0.2, -0.15) is 0 Å². The first-order valence-corrected chi connectivity index (χ1v) is 9.99. The van der Waals surface area contributed by atoms with E-state index in [1.807, 2.05) is 6.07 Å². The summed E-state index contributed by atoms with van der Waals surface area (Å²) in [4.78, 5) is 4.39. The topological polar surface area (TPSA) is 70.6 Å². The number of guanidine groups is 1. The van der Waals surface area contributed by atoms with Crippen molar-refractivity contribution in [3.05, 3.63) is 64.1 Å². The number of hydrogen-bond donors (Lipinski definition) is 2. The normalized spacial score (nSPS) is 12.0. The lowest BCUT2D eigenvalue weighted by Gasteiger charge is -2.13. The van der Waals surface area contributed by atoms with Crippen LogP contribution in [0.4, 0.5) is 0 Å². The minimum Gasteiger partial charge on any atom is -0.355 e. The van der Waals surface area contributed by atoms with Gasteiger partial charge >= 0.3 is 0 Å². The van der Waals surface area contributed by atoms with Crippen LogP contribution in [0.5, 0.6) is 0 Å².